The lowest BCUT2D eigenvalue weighted by Crippen LogP contribution is -2.32. The Labute approximate surface area is 88.0 Å². The maximum Gasteiger partial charge on any atom is 0.259 e. The normalized spacial score (nSPS) is 9.80. The number of hydrogen-bond acceptors (Lipinski definition) is 4. The summed E-state index contributed by atoms with van der Waals surface area (Å²) in [6.45, 7) is -0.0767. The van der Waals surface area contributed by atoms with E-state index < -0.39 is 5.91 Å². The van der Waals surface area contributed by atoms with Crippen LogP contribution in [0.1, 0.15) is 5.56 Å². The molecule has 0 radical (unpaired) electrons. The fourth-order valence-electron chi connectivity index (χ4n) is 1.10. The number of hydroxylamine groups is 2. The Bertz CT molecular complexity index is 324. The van der Waals surface area contributed by atoms with Crippen molar-refractivity contribution in [1.29, 1.82) is 0 Å². The SMILES string of the molecule is COc1ccc(CN(O)C(=O)CN)cc1. The summed E-state index contributed by atoms with van der Waals surface area (Å²) in [5.74, 6) is 0.221. The summed E-state index contributed by atoms with van der Waals surface area (Å²) >= 11 is 0. The molecule has 0 atom stereocenters. The van der Waals surface area contributed by atoms with Gasteiger partial charge in [-0.15, -0.1) is 0 Å². The molecule has 1 aromatic rings. The highest BCUT2D eigenvalue weighted by Crippen LogP contribution is 2.12. The van der Waals surface area contributed by atoms with E-state index in [2.05, 4.69) is 0 Å². The third kappa shape index (κ3) is 3.23. The molecule has 0 unspecified atom stereocenters. The number of nitrogens with zero attached hydrogens (tertiary/aromatic N) is 1. The molecular weight excluding hydrogens is 196 g/mol. The van der Waals surface area contributed by atoms with Crippen molar-refractivity contribution < 1.29 is 14.7 Å². The molecule has 0 saturated carbocycles. The zero-order valence-electron chi connectivity index (χ0n) is 8.51. The van der Waals surface area contributed by atoms with Crippen LogP contribution in [-0.2, 0) is 11.3 Å². The second kappa shape index (κ2) is 5.33. The Morgan fingerprint density at radius 1 is 1.47 bits per heavy atom. The molecule has 3 N–H and O–H groups in total. The minimum Gasteiger partial charge on any atom is -0.497 e. The number of amides is 1. The standard InChI is InChI=1S/C10H14N2O3/c1-15-9-4-2-8(3-5-9)7-12(14)10(13)6-11/h2-5,14H,6-7,11H2,1H3. The van der Waals surface area contributed by atoms with Crippen LogP contribution >= 0.6 is 0 Å². The Morgan fingerprint density at radius 2 is 2.07 bits per heavy atom. The predicted octanol–water partition coefficient (Wildman–Crippen LogP) is 0.372. The molecule has 0 spiro atoms. The third-order valence-electron chi connectivity index (χ3n) is 1.95. The monoisotopic (exact) mass is 210 g/mol. The summed E-state index contributed by atoms with van der Waals surface area (Å²) in [6.07, 6.45) is 0. The summed E-state index contributed by atoms with van der Waals surface area (Å²) in [6, 6.07) is 7.06. The largest absolute Gasteiger partial charge is 0.497 e. The zero-order chi connectivity index (χ0) is 11.3. The van der Waals surface area contributed by atoms with E-state index in [0.29, 0.717) is 5.06 Å². The van der Waals surface area contributed by atoms with E-state index in [0.717, 1.165) is 11.3 Å². The number of carbonyl (C=O) groups excluding carboxylic acids is 1. The van der Waals surface area contributed by atoms with Crippen molar-refractivity contribution in [2.24, 2.45) is 5.73 Å². The lowest BCUT2D eigenvalue weighted by Gasteiger charge is -2.13. The number of carbonyl (C=O) groups is 1. The minimum atomic E-state index is -0.509. The van der Waals surface area contributed by atoms with Gasteiger partial charge in [0.05, 0.1) is 20.2 Å². The summed E-state index contributed by atoms with van der Waals surface area (Å²) in [5, 5.41) is 9.87. The first-order valence-corrected chi connectivity index (χ1v) is 4.49. The maximum atomic E-state index is 11.0. The number of ether oxygens (including phenoxy) is 1. The molecule has 82 valence electrons. The highest BCUT2D eigenvalue weighted by atomic mass is 16.5. The van der Waals surface area contributed by atoms with Crippen LogP contribution in [0.5, 0.6) is 5.75 Å². The lowest BCUT2D eigenvalue weighted by molar-refractivity contribution is -0.166. The van der Waals surface area contributed by atoms with Gasteiger partial charge in [-0.3, -0.25) is 10.0 Å². The average Bonchev–Trinajstić information content (AvgIpc) is 2.29. The van der Waals surface area contributed by atoms with Crippen LogP contribution < -0.4 is 10.5 Å². The molecule has 0 heterocycles. The van der Waals surface area contributed by atoms with E-state index in [1.807, 2.05) is 0 Å². The van der Waals surface area contributed by atoms with Crippen molar-refractivity contribution in [3.05, 3.63) is 29.8 Å². The fourth-order valence-corrected chi connectivity index (χ4v) is 1.10. The van der Waals surface area contributed by atoms with Crippen molar-refractivity contribution in [3.63, 3.8) is 0 Å². The van der Waals surface area contributed by atoms with E-state index in [1.165, 1.54) is 0 Å². The first kappa shape index (κ1) is 11.5. The van der Waals surface area contributed by atoms with Crippen molar-refractivity contribution in [3.8, 4) is 5.75 Å². The summed E-state index contributed by atoms with van der Waals surface area (Å²) in [5.41, 5.74) is 5.91. The van der Waals surface area contributed by atoms with Gasteiger partial charge < -0.3 is 10.5 Å². The summed E-state index contributed by atoms with van der Waals surface area (Å²) in [4.78, 5) is 11.0. The van der Waals surface area contributed by atoms with Crippen LogP contribution in [0.4, 0.5) is 0 Å². The molecule has 0 aromatic heterocycles. The molecule has 0 fully saturated rings. The highest BCUT2D eigenvalue weighted by molar-refractivity contribution is 5.76. The first-order chi connectivity index (χ1) is 7.17. The molecule has 0 aliphatic rings. The van der Waals surface area contributed by atoms with Crippen LogP contribution in [0, 0.1) is 0 Å². The van der Waals surface area contributed by atoms with E-state index in [4.69, 9.17) is 10.5 Å². The Hall–Kier alpha value is -1.59. The molecule has 0 bridgehead atoms. The molecule has 0 saturated heterocycles. The second-order valence-corrected chi connectivity index (χ2v) is 3.00. The molecule has 1 rings (SSSR count). The van der Waals surface area contributed by atoms with Crippen LogP contribution in [0.25, 0.3) is 0 Å². The molecule has 1 aromatic carbocycles. The van der Waals surface area contributed by atoms with E-state index in [1.54, 1.807) is 31.4 Å². The lowest BCUT2D eigenvalue weighted by atomic mass is 10.2. The van der Waals surface area contributed by atoms with E-state index in [-0.39, 0.29) is 13.1 Å². The smallest absolute Gasteiger partial charge is 0.259 e. The van der Waals surface area contributed by atoms with Crippen molar-refractivity contribution in [2.45, 2.75) is 6.54 Å². The zero-order valence-corrected chi connectivity index (χ0v) is 8.51. The average molecular weight is 210 g/mol. The first-order valence-electron chi connectivity index (χ1n) is 4.49. The van der Waals surface area contributed by atoms with Crippen LogP contribution in [-0.4, -0.2) is 29.8 Å². The topological polar surface area (TPSA) is 75.8 Å². The highest BCUT2D eigenvalue weighted by Gasteiger charge is 2.08. The van der Waals surface area contributed by atoms with Gasteiger partial charge in [-0.2, -0.15) is 0 Å². The van der Waals surface area contributed by atoms with Crippen molar-refractivity contribution in [2.75, 3.05) is 13.7 Å². The maximum absolute atomic E-state index is 11.0. The van der Waals surface area contributed by atoms with Crippen molar-refractivity contribution >= 4 is 5.91 Å². The number of nitrogens with two attached hydrogens (primary N) is 1. The molecule has 0 aliphatic heterocycles. The van der Waals surface area contributed by atoms with E-state index >= 15 is 0 Å². The van der Waals surface area contributed by atoms with Gasteiger partial charge in [-0.05, 0) is 17.7 Å². The van der Waals surface area contributed by atoms with Crippen LogP contribution in [0.3, 0.4) is 0 Å². The molecule has 5 heteroatoms. The Kier molecular flexibility index (Phi) is 4.08. The molecule has 5 nitrogen and oxygen atoms in total. The fraction of sp³-hybridized carbons (Fsp3) is 0.300. The van der Waals surface area contributed by atoms with E-state index in [9.17, 15) is 10.0 Å². The van der Waals surface area contributed by atoms with Gasteiger partial charge in [-0.25, -0.2) is 5.06 Å². The molecular formula is C10H14N2O3. The van der Waals surface area contributed by atoms with Crippen LogP contribution in [0.2, 0.25) is 0 Å². The Morgan fingerprint density at radius 3 is 2.53 bits per heavy atom. The molecule has 15 heavy (non-hydrogen) atoms. The van der Waals surface area contributed by atoms with Gasteiger partial charge in [0.2, 0.25) is 0 Å². The molecule has 0 aliphatic carbocycles. The summed E-state index contributed by atoms with van der Waals surface area (Å²) in [7, 11) is 1.57. The second-order valence-electron chi connectivity index (χ2n) is 3.00. The van der Waals surface area contributed by atoms with Gasteiger partial charge >= 0.3 is 0 Å². The number of methoxy groups -OCH3 is 1. The number of hydrogen-bond donors (Lipinski definition) is 2. The number of benzene rings is 1. The van der Waals surface area contributed by atoms with Gasteiger partial charge in [0.25, 0.3) is 5.91 Å². The van der Waals surface area contributed by atoms with Gasteiger partial charge in [-0.1, -0.05) is 12.1 Å². The quantitative estimate of drug-likeness (QED) is 0.556. The Balaban J connectivity index is 2.60. The van der Waals surface area contributed by atoms with Gasteiger partial charge in [0.15, 0.2) is 0 Å². The van der Waals surface area contributed by atoms with Gasteiger partial charge in [0, 0.05) is 0 Å². The third-order valence-corrected chi connectivity index (χ3v) is 1.95. The van der Waals surface area contributed by atoms with Gasteiger partial charge in [0.1, 0.15) is 5.75 Å². The number of rotatable bonds is 4. The van der Waals surface area contributed by atoms with Crippen molar-refractivity contribution in [1.82, 2.24) is 5.06 Å². The van der Waals surface area contributed by atoms with Crippen LogP contribution in [0.15, 0.2) is 24.3 Å². The summed E-state index contributed by atoms with van der Waals surface area (Å²) < 4.78 is 4.98. The minimum absolute atomic E-state index is 0.125. The predicted molar refractivity (Wildman–Crippen MR) is 54.4 cm³/mol. The molecule has 1 amide bonds.